The van der Waals surface area contributed by atoms with Gasteiger partial charge in [-0.15, -0.1) is 0 Å². The molecule has 0 amide bonds. The number of allylic oxidation sites excluding steroid dienone is 2. The van der Waals surface area contributed by atoms with Gasteiger partial charge in [-0.05, 0) is 95.1 Å². The molecule has 0 fully saturated rings. The lowest BCUT2D eigenvalue weighted by molar-refractivity contribution is 0.615. The summed E-state index contributed by atoms with van der Waals surface area (Å²) in [6.07, 6.45) is 10.3. The van der Waals surface area contributed by atoms with Gasteiger partial charge < -0.3 is 27.4 Å². The first-order valence-corrected chi connectivity index (χ1v) is 32.8. The van der Waals surface area contributed by atoms with E-state index in [0.29, 0.717) is 0 Å². The number of rotatable bonds is 12. The van der Waals surface area contributed by atoms with Crippen LogP contribution < -0.4 is 9.80 Å². The third kappa shape index (κ3) is 8.00. The van der Waals surface area contributed by atoms with Crippen LogP contribution in [0.25, 0.3) is 155 Å². The van der Waals surface area contributed by atoms with Gasteiger partial charge in [0, 0.05) is 104 Å². The smallest absolute Gasteiger partial charge is 0.159 e. The molecule has 0 spiro atoms. The molecule has 96 heavy (non-hydrogen) atoms. The molecule has 448 valence electrons. The predicted octanol–water partition coefficient (Wildman–Crippen LogP) is 25.3. The highest BCUT2D eigenvalue weighted by Gasteiger charge is 2.32. The summed E-state index contributed by atoms with van der Waals surface area (Å²) in [5, 5.41) is 12.8. The van der Waals surface area contributed by atoms with E-state index in [2.05, 4.69) is 346 Å². The maximum absolute atomic E-state index is 7.15. The highest BCUT2D eigenvalue weighted by atomic mass is 16.3. The standard InChI is InChI=1S/C90H56N4O2/c1-7-26-57(27-8-1)28-19-20-35-61-56-95-89-67(61)41-24-48-78(89)91(62-36-15-5-16-37-62)64-50-52-76-74(54-64)68-42-22-46-72-82-81(60-33-13-4-14-34-60)87-83(80(59-31-11-3-12-32-59)86(82)93(76)84(68)72)73-47-23-43-69-75-55-65(51-53-77(75)94(87)85(69)73)92(63-38-17-6-18-39-63)79-49-25-45-71-70-44-21-40-66(88(70)96-90(71)79)58-29-9-2-10-30-58/h1-56H/b28-19+,35-20-. The Hall–Kier alpha value is -12.9. The molecule has 0 atom stereocenters. The van der Waals surface area contributed by atoms with Crippen LogP contribution in [0.2, 0.25) is 0 Å². The molecule has 6 heterocycles. The van der Waals surface area contributed by atoms with E-state index in [-0.39, 0.29) is 0 Å². The van der Waals surface area contributed by atoms with E-state index in [1.807, 2.05) is 12.3 Å². The van der Waals surface area contributed by atoms with E-state index in [4.69, 9.17) is 8.83 Å². The average molecular weight is 1230 g/mol. The Labute approximate surface area is 551 Å². The van der Waals surface area contributed by atoms with Crippen LogP contribution in [-0.2, 0) is 0 Å². The minimum absolute atomic E-state index is 0.820. The topological polar surface area (TPSA) is 41.6 Å². The average Bonchev–Trinajstić information content (AvgIpc) is 1.50. The van der Waals surface area contributed by atoms with Gasteiger partial charge in [-0.1, -0.05) is 261 Å². The lowest BCUT2D eigenvalue weighted by Crippen LogP contribution is -2.10. The minimum Gasteiger partial charge on any atom is -0.461 e. The van der Waals surface area contributed by atoms with Crippen molar-refractivity contribution in [1.29, 1.82) is 0 Å². The molecule has 6 nitrogen and oxygen atoms in total. The molecule has 20 rings (SSSR count). The molecule has 0 bridgehead atoms. The molecule has 6 heteroatoms. The summed E-state index contributed by atoms with van der Waals surface area (Å²) >= 11 is 0. The van der Waals surface area contributed by atoms with Gasteiger partial charge in [0.25, 0.3) is 0 Å². The largest absolute Gasteiger partial charge is 0.461 e. The van der Waals surface area contributed by atoms with Crippen LogP contribution in [0.15, 0.2) is 337 Å². The van der Waals surface area contributed by atoms with Crippen molar-refractivity contribution in [1.82, 2.24) is 8.80 Å². The first-order chi connectivity index (χ1) is 47.7. The summed E-state index contributed by atoms with van der Waals surface area (Å²) in [5.74, 6) is 0. The second kappa shape index (κ2) is 21.3. The number of anilines is 6. The summed E-state index contributed by atoms with van der Waals surface area (Å²) in [4.78, 5) is 4.72. The van der Waals surface area contributed by atoms with Crippen molar-refractivity contribution >= 4 is 155 Å². The highest BCUT2D eigenvalue weighted by Crippen LogP contribution is 2.55. The zero-order chi connectivity index (χ0) is 63.0. The van der Waals surface area contributed by atoms with Gasteiger partial charge in [0.2, 0.25) is 0 Å². The van der Waals surface area contributed by atoms with E-state index in [1.54, 1.807) is 0 Å². The van der Waals surface area contributed by atoms with Gasteiger partial charge in [0.1, 0.15) is 5.58 Å². The molecule has 6 aromatic heterocycles. The maximum Gasteiger partial charge on any atom is 0.159 e. The molecule has 0 aliphatic heterocycles. The van der Waals surface area contributed by atoms with Crippen LogP contribution in [0.4, 0.5) is 34.1 Å². The first-order valence-electron chi connectivity index (χ1n) is 32.8. The summed E-state index contributed by atoms with van der Waals surface area (Å²) in [6, 6.07) is 112. The Kier molecular flexibility index (Phi) is 11.9. The summed E-state index contributed by atoms with van der Waals surface area (Å²) in [6.45, 7) is 0. The minimum atomic E-state index is 0.820. The van der Waals surface area contributed by atoms with Crippen LogP contribution in [0, 0.1) is 0 Å². The second-order valence-electron chi connectivity index (χ2n) is 25.0. The number of nitrogens with zero attached hydrogens (tertiary/aromatic N) is 4. The predicted molar refractivity (Wildman–Crippen MR) is 403 cm³/mol. The quantitative estimate of drug-likeness (QED) is 0.114. The van der Waals surface area contributed by atoms with E-state index in [1.165, 1.54) is 76.3 Å². The fourth-order valence-electron chi connectivity index (χ4n) is 15.8. The van der Waals surface area contributed by atoms with Crippen molar-refractivity contribution < 1.29 is 8.83 Å². The van der Waals surface area contributed by atoms with Crippen molar-refractivity contribution in [2.45, 2.75) is 0 Å². The molecule has 14 aromatic carbocycles. The summed E-state index contributed by atoms with van der Waals surface area (Å²) in [7, 11) is 0. The molecule has 0 unspecified atom stereocenters. The number of furan rings is 2. The fraction of sp³-hybridized carbons (Fsp3) is 0. The number of hydrogen-bond donors (Lipinski definition) is 0. The number of benzene rings is 14. The molecule has 0 saturated heterocycles. The van der Waals surface area contributed by atoms with E-state index in [9.17, 15) is 0 Å². The van der Waals surface area contributed by atoms with Crippen molar-refractivity contribution in [3.63, 3.8) is 0 Å². The SMILES string of the molecule is C(=C/c1coc2c(N(c3ccccc3)c3ccc4c(c3)c3cccc5c6c(-c7ccccc7)c7c(c(-c8ccccc8)c6n4c35)c3cccc4c5cc(N(c6ccccc6)c6cccc8c6oc6c(-c9ccccc9)cccc68)ccc5n7c43)cccc12)/C=C/c1ccccc1. The molecule has 20 aromatic rings. The molecule has 0 aliphatic rings. The van der Waals surface area contributed by atoms with Crippen molar-refractivity contribution in [3.8, 4) is 33.4 Å². The molecule has 0 radical (unpaired) electrons. The number of para-hydroxylation sites is 7. The highest BCUT2D eigenvalue weighted by molar-refractivity contribution is 6.38. The van der Waals surface area contributed by atoms with Gasteiger partial charge in [0.15, 0.2) is 11.2 Å². The first kappa shape index (κ1) is 53.7. The van der Waals surface area contributed by atoms with Crippen LogP contribution in [0.3, 0.4) is 0 Å². The van der Waals surface area contributed by atoms with Gasteiger partial charge in [-0.2, -0.15) is 0 Å². The molecular weight excluding hydrogens is 1170 g/mol. The monoisotopic (exact) mass is 1220 g/mol. The lowest BCUT2D eigenvalue weighted by Gasteiger charge is -2.25. The van der Waals surface area contributed by atoms with Gasteiger partial charge >= 0.3 is 0 Å². The Bertz CT molecular complexity index is 6480. The van der Waals surface area contributed by atoms with Crippen molar-refractivity contribution in [3.05, 3.63) is 339 Å². The Balaban J connectivity index is 0.818. The maximum atomic E-state index is 7.15. The van der Waals surface area contributed by atoms with E-state index in [0.717, 1.165) is 111 Å². The molecular formula is C90H56N4O2. The Morgan fingerprint density at radius 1 is 0.292 bits per heavy atom. The van der Waals surface area contributed by atoms with Crippen molar-refractivity contribution in [2.75, 3.05) is 9.80 Å². The normalized spacial score (nSPS) is 12.3. The third-order valence-corrected chi connectivity index (χ3v) is 19.8. The zero-order valence-electron chi connectivity index (χ0n) is 51.9. The number of fused-ring (bicyclic) bond motifs is 16. The lowest BCUT2D eigenvalue weighted by atomic mass is 9.89. The number of aromatic nitrogens is 2. The van der Waals surface area contributed by atoms with E-state index >= 15 is 0 Å². The van der Waals surface area contributed by atoms with Crippen molar-refractivity contribution in [2.24, 2.45) is 0 Å². The Morgan fingerprint density at radius 3 is 1.26 bits per heavy atom. The molecule has 0 N–H and O–H groups in total. The summed E-state index contributed by atoms with van der Waals surface area (Å²) in [5.41, 5.74) is 24.8. The van der Waals surface area contributed by atoms with Crippen LogP contribution in [0.1, 0.15) is 11.1 Å². The van der Waals surface area contributed by atoms with Gasteiger partial charge in [-0.3, -0.25) is 0 Å². The summed E-state index contributed by atoms with van der Waals surface area (Å²) < 4.78 is 18.9. The number of hydrogen-bond acceptors (Lipinski definition) is 4. The van der Waals surface area contributed by atoms with Gasteiger partial charge in [0.05, 0.1) is 50.7 Å². The zero-order valence-corrected chi connectivity index (χ0v) is 51.9. The second-order valence-corrected chi connectivity index (χ2v) is 25.0. The molecule has 0 saturated carbocycles. The molecule has 0 aliphatic carbocycles. The van der Waals surface area contributed by atoms with Crippen LogP contribution in [-0.4, -0.2) is 8.80 Å². The van der Waals surface area contributed by atoms with Gasteiger partial charge in [-0.25, -0.2) is 0 Å². The fourth-order valence-corrected chi connectivity index (χ4v) is 15.8. The Morgan fingerprint density at radius 2 is 0.719 bits per heavy atom. The third-order valence-electron chi connectivity index (χ3n) is 19.8. The van der Waals surface area contributed by atoms with Crippen LogP contribution >= 0.6 is 0 Å². The van der Waals surface area contributed by atoms with Crippen LogP contribution in [0.5, 0.6) is 0 Å². The van der Waals surface area contributed by atoms with E-state index < -0.39 is 0 Å².